The third-order valence-electron chi connectivity index (χ3n) is 5.66. The van der Waals surface area contributed by atoms with Gasteiger partial charge in [-0.2, -0.15) is 0 Å². The number of imide groups is 1. The molecule has 3 amide bonds. The largest absolute Gasteiger partial charge is 0.341 e. The Morgan fingerprint density at radius 1 is 1.00 bits per heavy atom. The number of carbonyl (C=O) groups excluding carboxylic acids is 3. The van der Waals surface area contributed by atoms with Gasteiger partial charge < -0.3 is 4.90 Å². The normalized spacial score (nSPS) is 20.2. The molecule has 2 aromatic rings. The zero-order valence-corrected chi connectivity index (χ0v) is 16.0. The maximum absolute atomic E-state index is 13.5. The molecule has 144 valence electrons. The molecule has 0 saturated carbocycles. The molecule has 5 heteroatoms. The Morgan fingerprint density at radius 2 is 1.61 bits per heavy atom. The zero-order chi connectivity index (χ0) is 19.7. The predicted octanol–water partition coefficient (Wildman–Crippen LogP) is 3.15. The Labute approximate surface area is 164 Å². The predicted molar refractivity (Wildman–Crippen MR) is 106 cm³/mol. The number of fused-ring (bicyclic) bond motifs is 1. The highest BCUT2D eigenvalue weighted by atomic mass is 16.2. The number of hydrogen-bond donors (Lipinski definition) is 0. The van der Waals surface area contributed by atoms with Gasteiger partial charge in [-0.3, -0.25) is 19.3 Å². The van der Waals surface area contributed by atoms with Crippen molar-refractivity contribution in [3.05, 3.63) is 71.3 Å². The van der Waals surface area contributed by atoms with Crippen LogP contribution in [-0.4, -0.2) is 46.7 Å². The average molecular weight is 376 g/mol. The Kier molecular flexibility index (Phi) is 4.99. The van der Waals surface area contributed by atoms with Gasteiger partial charge in [0, 0.05) is 19.5 Å². The lowest BCUT2D eigenvalue weighted by Crippen LogP contribution is -2.53. The minimum absolute atomic E-state index is 0.134. The van der Waals surface area contributed by atoms with E-state index in [1.165, 1.54) is 4.90 Å². The number of likely N-dealkylation sites (tertiary alicyclic amines) is 1. The molecule has 5 nitrogen and oxygen atoms in total. The first-order chi connectivity index (χ1) is 13.6. The van der Waals surface area contributed by atoms with Crippen LogP contribution in [0.4, 0.5) is 0 Å². The maximum atomic E-state index is 13.5. The van der Waals surface area contributed by atoms with E-state index in [9.17, 15) is 14.4 Å². The molecule has 2 aliphatic rings. The van der Waals surface area contributed by atoms with Gasteiger partial charge in [-0.25, -0.2) is 0 Å². The van der Waals surface area contributed by atoms with Crippen LogP contribution in [0.2, 0.25) is 0 Å². The molecule has 0 bridgehead atoms. The van der Waals surface area contributed by atoms with E-state index in [-0.39, 0.29) is 17.7 Å². The third-order valence-corrected chi connectivity index (χ3v) is 5.66. The molecule has 1 saturated heterocycles. The highest BCUT2D eigenvalue weighted by molar-refractivity contribution is 6.22. The van der Waals surface area contributed by atoms with Crippen LogP contribution in [0.1, 0.15) is 46.0 Å². The van der Waals surface area contributed by atoms with E-state index in [0.29, 0.717) is 36.6 Å². The molecule has 28 heavy (non-hydrogen) atoms. The zero-order valence-electron chi connectivity index (χ0n) is 16.0. The van der Waals surface area contributed by atoms with Gasteiger partial charge in [-0.05, 0) is 36.5 Å². The molecule has 4 rings (SSSR count). The van der Waals surface area contributed by atoms with Gasteiger partial charge in [0.15, 0.2) is 0 Å². The number of amides is 3. The van der Waals surface area contributed by atoms with Crippen molar-refractivity contribution in [3.8, 4) is 0 Å². The van der Waals surface area contributed by atoms with E-state index in [0.717, 1.165) is 18.4 Å². The second kappa shape index (κ2) is 7.58. The highest BCUT2D eigenvalue weighted by Gasteiger charge is 2.44. The van der Waals surface area contributed by atoms with Crippen molar-refractivity contribution in [1.29, 1.82) is 0 Å². The fraction of sp³-hybridized carbons (Fsp3) is 0.348. The van der Waals surface area contributed by atoms with Crippen LogP contribution < -0.4 is 0 Å². The molecule has 0 aliphatic carbocycles. The summed E-state index contributed by atoms with van der Waals surface area (Å²) < 4.78 is 0. The van der Waals surface area contributed by atoms with Gasteiger partial charge in [0.05, 0.1) is 11.1 Å². The summed E-state index contributed by atoms with van der Waals surface area (Å²) in [7, 11) is 0. The molecular weight excluding hydrogens is 352 g/mol. The first-order valence-corrected chi connectivity index (χ1v) is 9.86. The van der Waals surface area contributed by atoms with E-state index < -0.39 is 6.04 Å². The SMILES string of the molecule is C[C@@H]1CCCN(C(=O)[C@@H](Cc2ccccc2)N2C(=O)c3ccccc3C2=O)C1. The Hall–Kier alpha value is -2.95. The fourth-order valence-electron chi connectivity index (χ4n) is 4.22. The topological polar surface area (TPSA) is 57.7 Å². The van der Waals surface area contributed by atoms with Crippen molar-refractivity contribution in [1.82, 2.24) is 9.80 Å². The molecule has 0 aromatic heterocycles. The van der Waals surface area contributed by atoms with Crippen LogP contribution in [0, 0.1) is 5.92 Å². The first-order valence-electron chi connectivity index (χ1n) is 9.86. The summed E-state index contributed by atoms with van der Waals surface area (Å²) in [6.07, 6.45) is 2.38. The summed E-state index contributed by atoms with van der Waals surface area (Å²) in [5.74, 6) is -0.456. The molecule has 2 atom stereocenters. The van der Waals surface area contributed by atoms with Crippen molar-refractivity contribution in [2.45, 2.75) is 32.2 Å². The summed E-state index contributed by atoms with van der Waals surface area (Å²) >= 11 is 0. The van der Waals surface area contributed by atoms with Crippen LogP contribution in [0.3, 0.4) is 0 Å². The number of benzene rings is 2. The lowest BCUT2D eigenvalue weighted by molar-refractivity contribution is -0.137. The van der Waals surface area contributed by atoms with E-state index >= 15 is 0 Å². The Bertz CT molecular complexity index is 874. The quantitative estimate of drug-likeness (QED) is 0.770. The van der Waals surface area contributed by atoms with Gasteiger partial charge in [0.1, 0.15) is 6.04 Å². The maximum Gasteiger partial charge on any atom is 0.262 e. The second-order valence-corrected chi connectivity index (χ2v) is 7.76. The van der Waals surface area contributed by atoms with E-state index in [2.05, 4.69) is 6.92 Å². The van der Waals surface area contributed by atoms with Gasteiger partial charge >= 0.3 is 0 Å². The third kappa shape index (κ3) is 3.33. The van der Waals surface area contributed by atoms with Crippen molar-refractivity contribution in [2.24, 2.45) is 5.92 Å². The second-order valence-electron chi connectivity index (χ2n) is 7.76. The number of hydrogen-bond acceptors (Lipinski definition) is 3. The minimum Gasteiger partial charge on any atom is -0.341 e. The molecule has 0 unspecified atom stereocenters. The molecule has 1 fully saturated rings. The lowest BCUT2D eigenvalue weighted by Gasteiger charge is -2.36. The van der Waals surface area contributed by atoms with Gasteiger partial charge in [0.2, 0.25) is 5.91 Å². The van der Waals surface area contributed by atoms with Crippen LogP contribution >= 0.6 is 0 Å². The van der Waals surface area contributed by atoms with Crippen molar-refractivity contribution < 1.29 is 14.4 Å². The van der Waals surface area contributed by atoms with Crippen LogP contribution in [0.5, 0.6) is 0 Å². The molecule has 2 heterocycles. The number of nitrogens with zero attached hydrogens (tertiary/aromatic N) is 2. The highest BCUT2D eigenvalue weighted by Crippen LogP contribution is 2.28. The molecule has 0 N–H and O–H groups in total. The van der Waals surface area contributed by atoms with Gasteiger partial charge in [-0.1, -0.05) is 49.4 Å². The molecule has 0 spiro atoms. The van der Waals surface area contributed by atoms with E-state index in [1.807, 2.05) is 35.2 Å². The first kappa shape index (κ1) is 18.4. The van der Waals surface area contributed by atoms with Crippen LogP contribution in [0.25, 0.3) is 0 Å². The Morgan fingerprint density at radius 3 is 2.21 bits per heavy atom. The number of rotatable bonds is 4. The summed E-state index contributed by atoms with van der Waals surface area (Å²) in [5.41, 5.74) is 1.69. The minimum atomic E-state index is -0.819. The monoisotopic (exact) mass is 376 g/mol. The Balaban J connectivity index is 1.68. The standard InChI is InChI=1S/C23H24N2O3/c1-16-8-7-13-24(15-16)23(28)20(14-17-9-3-2-4-10-17)25-21(26)18-11-5-6-12-19(18)22(25)27/h2-6,9-12,16,20H,7-8,13-15H2,1H3/t16-,20-/m1/s1. The number of piperidine rings is 1. The summed E-state index contributed by atoms with van der Waals surface area (Å²) in [6, 6.07) is 15.6. The van der Waals surface area contributed by atoms with Crippen molar-refractivity contribution >= 4 is 17.7 Å². The van der Waals surface area contributed by atoms with Crippen molar-refractivity contribution in [2.75, 3.05) is 13.1 Å². The molecule has 2 aliphatic heterocycles. The van der Waals surface area contributed by atoms with Crippen LogP contribution in [0.15, 0.2) is 54.6 Å². The van der Waals surface area contributed by atoms with Crippen molar-refractivity contribution in [3.63, 3.8) is 0 Å². The van der Waals surface area contributed by atoms with E-state index in [1.54, 1.807) is 24.3 Å². The summed E-state index contributed by atoms with van der Waals surface area (Å²) in [6.45, 7) is 3.48. The summed E-state index contributed by atoms with van der Waals surface area (Å²) in [5, 5.41) is 0. The smallest absolute Gasteiger partial charge is 0.262 e. The molecule has 2 aromatic carbocycles. The molecular formula is C23H24N2O3. The van der Waals surface area contributed by atoms with E-state index in [4.69, 9.17) is 0 Å². The molecule has 0 radical (unpaired) electrons. The number of carbonyl (C=O) groups is 3. The van der Waals surface area contributed by atoms with Gasteiger partial charge in [-0.15, -0.1) is 0 Å². The van der Waals surface area contributed by atoms with Crippen LogP contribution in [-0.2, 0) is 11.2 Å². The van der Waals surface area contributed by atoms with Gasteiger partial charge in [0.25, 0.3) is 11.8 Å². The summed E-state index contributed by atoms with van der Waals surface area (Å²) in [4.78, 5) is 42.5. The fourth-order valence-corrected chi connectivity index (χ4v) is 4.22. The lowest BCUT2D eigenvalue weighted by atomic mass is 9.97. The average Bonchev–Trinajstić information content (AvgIpc) is 2.97.